The van der Waals surface area contributed by atoms with E-state index in [-0.39, 0.29) is 24.5 Å². The van der Waals surface area contributed by atoms with E-state index in [1.807, 2.05) is 0 Å². The first kappa shape index (κ1) is 28.0. The van der Waals surface area contributed by atoms with E-state index in [4.69, 9.17) is 30.5 Å². The number of carbonyl (C=O) groups excluding carboxylic acids is 2. The number of aryl methyl sites for hydroxylation is 1. The van der Waals surface area contributed by atoms with Gasteiger partial charge >= 0.3 is 18.3 Å². The summed E-state index contributed by atoms with van der Waals surface area (Å²) in [7, 11) is 0. The summed E-state index contributed by atoms with van der Waals surface area (Å²) in [6.07, 6.45) is -9.55. The summed E-state index contributed by atoms with van der Waals surface area (Å²) in [6.45, 7) is 6.53. The van der Waals surface area contributed by atoms with Gasteiger partial charge in [-0.25, -0.2) is 9.59 Å². The molecule has 2 atom stereocenters. The number of hydrogen-bond acceptors (Lipinski definition) is 9. The molecule has 35 heavy (non-hydrogen) atoms. The molecule has 0 bridgehead atoms. The third-order valence-corrected chi connectivity index (χ3v) is 5.31. The predicted molar refractivity (Wildman–Crippen MR) is 114 cm³/mol. The van der Waals surface area contributed by atoms with Crippen molar-refractivity contribution in [1.82, 2.24) is 0 Å². The maximum absolute atomic E-state index is 13.6. The van der Waals surface area contributed by atoms with Gasteiger partial charge in [-0.1, -0.05) is 25.4 Å². The molecule has 0 fully saturated rings. The van der Waals surface area contributed by atoms with Gasteiger partial charge in [-0.05, 0) is 37.1 Å². The lowest BCUT2D eigenvalue weighted by molar-refractivity contribution is -0.760. The Morgan fingerprint density at radius 2 is 1.86 bits per heavy atom. The predicted octanol–water partition coefficient (Wildman–Crippen LogP) is 4.94. The van der Waals surface area contributed by atoms with Gasteiger partial charge in [0.1, 0.15) is 19.0 Å². The van der Waals surface area contributed by atoms with Crippen LogP contribution in [0.5, 0.6) is 5.75 Å². The van der Waals surface area contributed by atoms with Crippen LogP contribution >= 0.6 is 11.6 Å². The molecule has 2 rings (SSSR count). The number of nitrogens with zero attached hydrogens (tertiary/aromatic N) is 1. The second-order valence-electron chi connectivity index (χ2n) is 8.47. The van der Waals surface area contributed by atoms with Crippen molar-refractivity contribution < 1.29 is 51.6 Å². The fraction of sp³-hybridized carbons (Fsp3) is 0.524. The minimum Gasteiger partial charge on any atom is -0.475 e. The Morgan fingerprint density at radius 1 is 1.23 bits per heavy atom. The first-order valence-corrected chi connectivity index (χ1v) is 10.5. The van der Waals surface area contributed by atoms with E-state index in [9.17, 15) is 32.9 Å². The zero-order chi connectivity index (χ0) is 26.7. The third-order valence-electron chi connectivity index (χ3n) is 4.73. The van der Waals surface area contributed by atoms with Crippen LogP contribution in [0.15, 0.2) is 11.6 Å². The zero-order valence-electron chi connectivity index (χ0n) is 19.4. The number of ether oxygens (including phenoxy) is 4. The largest absolute Gasteiger partial charge is 0.511 e. The van der Waals surface area contributed by atoms with Gasteiger partial charge < -0.3 is 23.8 Å². The van der Waals surface area contributed by atoms with Crippen molar-refractivity contribution in [1.29, 1.82) is 0 Å². The molecule has 0 radical (unpaired) electrons. The normalized spacial score (nSPS) is 16.3. The van der Waals surface area contributed by atoms with E-state index in [2.05, 4.69) is 4.84 Å². The highest BCUT2D eigenvalue weighted by Crippen LogP contribution is 2.41. The van der Waals surface area contributed by atoms with Gasteiger partial charge in [0.2, 0.25) is 12.4 Å². The van der Waals surface area contributed by atoms with Crippen molar-refractivity contribution in [2.45, 2.75) is 53.2 Å². The average Bonchev–Trinajstić information content (AvgIpc) is 2.73. The van der Waals surface area contributed by atoms with Crippen LogP contribution in [0.1, 0.15) is 37.5 Å². The van der Waals surface area contributed by atoms with Crippen molar-refractivity contribution in [3.05, 3.63) is 43.5 Å². The fourth-order valence-corrected chi connectivity index (χ4v) is 3.14. The molecule has 0 N–H and O–H groups in total. The molecule has 0 saturated carbocycles. The monoisotopic (exact) mass is 525 g/mol. The van der Waals surface area contributed by atoms with E-state index < -0.39 is 46.8 Å². The quantitative estimate of drug-likeness (QED) is 0.201. The zero-order valence-corrected chi connectivity index (χ0v) is 20.1. The lowest BCUT2D eigenvalue weighted by Gasteiger charge is -2.29. The van der Waals surface area contributed by atoms with Crippen molar-refractivity contribution in [2.24, 2.45) is 5.41 Å². The summed E-state index contributed by atoms with van der Waals surface area (Å²) in [5.74, 6) is -1.53. The average molecular weight is 526 g/mol. The van der Waals surface area contributed by atoms with Gasteiger partial charge in [-0.3, -0.25) is 0 Å². The number of halogens is 4. The van der Waals surface area contributed by atoms with Gasteiger partial charge in [-0.2, -0.15) is 13.2 Å². The SMILES string of the molecule is Cc1cc2c(c(C)c1Cl)C=C(C(=O)OC(C)OC(=O)OCC(C)(C)CO[N+](=O)[O-])C(C(F)(F)F)O2. The Kier molecular flexibility index (Phi) is 8.47. The lowest BCUT2D eigenvalue weighted by Crippen LogP contribution is -2.41. The van der Waals surface area contributed by atoms with E-state index in [1.54, 1.807) is 13.8 Å². The molecule has 1 aliphatic heterocycles. The van der Waals surface area contributed by atoms with Gasteiger partial charge in [-0.15, -0.1) is 10.1 Å². The smallest absolute Gasteiger partial charge is 0.475 e. The Bertz CT molecular complexity index is 1040. The molecule has 0 saturated heterocycles. The lowest BCUT2D eigenvalue weighted by atomic mass is 9.96. The van der Waals surface area contributed by atoms with Crippen molar-refractivity contribution in [3.63, 3.8) is 0 Å². The molecule has 0 aromatic heterocycles. The van der Waals surface area contributed by atoms with Crippen LogP contribution in [0.3, 0.4) is 0 Å². The van der Waals surface area contributed by atoms with Crippen LogP contribution in [-0.2, 0) is 23.8 Å². The maximum Gasteiger partial charge on any atom is 0.511 e. The van der Waals surface area contributed by atoms with E-state index in [0.29, 0.717) is 16.1 Å². The van der Waals surface area contributed by atoms with Crippen LogP contribution in [0.2, 0.25) is 5.02 Å². The molecular weight excluding hydrogens is 503 g/mol. The summed E-state index contributed by atoms with van der Waals surface area (Å²) in [5.41, 5.74) is -0.739. The van der Waals surface area contributed by atoms with Crippen LogP contribution in [0, 0.1) is 29.4 Å². The number of esters is 1. The molecule has 0 aliphatic carbocycles. The molecule has 0 spiro atoms. The summed E-state index contributed by atoms with van der Waals surface area (Å²) in [6, 6.07) is 1.34. The number of carbonyl (C=O) groups is 2. The number of alkyl halides is 3. The van der Waals surface area contributed by atoms with Crippen molar-refractivity contribution in [3.8, 4) is 5.75 Å². The van der Waals surface area contributed by atoms with Crippen molar-refractivity contribution >= 4 is 29.8 Å². The first-order valence-electron chi connectivity index (χ1n) is 10.1. The fourth-order valence-electron chi connectivity index (χ4n) is 2.98. The third kappa shape index (κ3) is 7.38. The Labute approximate surface area is 203 Å². The minimum absolute atomic E-state index is 0.0974. The topological polar surface area (TPSA) is 123 Å². The highest BCUT2D eigenvalue weighted by Gasteiger charge is 2.49. The van der Waals surface area contributed by atoms with E-state index in [1.165, 1.54) is 19.9 Å². The number of hydrogen-bond donors (Lipinski definition) is 0. The Balaban J connectivity index is 2.11. The van der Waals surface area contributed by atoms with Gasteiger partial charge in [0, 0.05) is 22.9 Å². The molecule has 1 aromatic rings. The molecule has 194 valence electrons. The molecule has 1 aliphatic rings. The van der Waals surface area contributed by atoms with Gasteiger partial charge in [0.25, 0.3) is 5.09 Å². The molecule has 2 unspecified atom stereocenters. The van der Waals surface area contributed by atoms with Gasteiger partial charge in [0.15, 0.2) is 0 Å². The van der Waals surface area contributed by atoms with Crippen molar-refractivity contribution in [2.75, 3.05) is 13.2 Å². The molecule has 0 amide bonds. The number of benzene rings is 1. The maximum atomic E-state index is 13.6. The molecular formula is C21H23ClF3NO9. The molecule has 1 aromatic carbocycles. The Hall–Kier alpha value is -3.22. The summed E-state index contributed by atoms with van der Waals surface area (Å²) in [4.78, 5) is 38.9. The molecule has 10 nitrogen and oxygen atoms in total. The van der Waals surface area contributed by atoms with Crippen LogP contribution < -0.4 is 4.74 Å². The summed E-state index contributed by atoms with van der Waals surface area (Å²) < 4.78 is 60.4. The van der Waals surface area contributed by atoms with Crippen LogP contribution in [0.4, 0.5) is 18.0 Å². The molecule has 1 heterocycles. The highest BCUT2D eigenvalue weighted by atomic mass is 35.5. The Morgan fingerprint density at radius 3 is 2.43 bits per heavy atom. The van der Waals surface area contributed by atoms with E-state index in [0.717, 1.165) is 13.0 Å². The molecule has 14 heteroatoms. The number of fused-ring (bicyclic) bond motifs is 1. The number of rotatable bonds is 8. The van der Waals surface area contributed by atoms with E-state index >= 15 is 0 Å². The second kappa shape index (κ2) is 10.6. The van der Waals surface area contributed by atoms with Crippen LogP contribution in [-0.4, -0.2) is 49.0 Å². The second-order valence-corrected chi connectivity index (χ2v) is 8.85. The van der Waals surface area contributed by atoms with Gasteiger partial charge in [0.05, 0.1) is 5.57 Å². The first-order chi connectivity index (χ1) is 16.0. The van der Waals surface area contributed by atoms with Crippen LogP contribution in [0.25, 0.3) is 6.08 Å². The standard InChI is InChI=1S/C21H23ClF3NO9/c1-10-6-15-13(11(2)16(10)22)7-14(17(35-15)21(23,24)25)18(27)33-12(3)34-19(28)31-8-20(4,5)9-32-26(29)30/h6-7,12,17H,8-9H2,1-5H3. The highest BCUT2D eigenvalue weighted by molar-refractivity contribution is 6.32. The minimum atomic E-state index is -4.95. The summed E-state index contributed by atoms with van der Waals surface area (Å²) in [5, 5.41) is 9.57. The summed E-state index contributed by atoms with van der Waals surface area (Å²) >= 11 is 6.17.